The third-order valence-electron chi connectivity index (χ3n) is 3.78. The normalized spacial score (nSPS) is 10.7. The van der Waals surface area contributed by atoms with Gasteiger partial charge >= 0.3 is 0 Å². The van der Waals surface area contributed by atoms with E-state index in [1.165, 1.54) is 5.56 Å². The van der Waals surface area contributed by atoms with E-state index in [9.17, 15) is 4.79 Å². The van der Waals surface area contributed by atoms with Crippen molar-refractivity contribution in [2.24, 2.45) is 0 Å². The number of nitrogens with two attached hydrogens (primary N) is 1. The lowest BCUT2D eigenvalue weighted by Crippen LogP contribution is -2.18. The zero-order chi connectivity index (χ0) is 16.6. The maximum atomic E-state index is 11.9. The zero-order valence-corrected chi connectivity index (χ0v) is 13.8. The number of benzene rings is 1. The molecule has 0 aliphatic rings. The number of fused-ring (bicyclic) bond motifs is 1. The zero-order valence-electron chi connectivity index (χ0n) is 13.0. The second-order valence-corrected chi connectivity index (χ2v) is 6.22. The van der Waals surface area contributed by atoms with Gasteiger partial charge in [-0.3, -0.25) is 4.79 Å². The first-order chi connectivity index (χ1) is 11.0. The average Bonchev–Trinajstić information content (AvgIpc) is 3.00. The van der Waals surface area contributed by atoms with Crippen LogP contribution in [0.1, 0.15) is 11.1 Å². The van der Waals surface area contributed by atoms with Gasteiger partial charge in [0.1, 0.15) is 5.82 Å². The van der Waals surface area contributed by atoms with Crippen molar-refractivity contribution in [1.29, 1.82) is 0 Å². The summed E-state index contributed by atoms with van der Waals surface area (Å²) in [4.78, 5) is 16.2. The summed E-state index contributed by atoms with van der Waals surface area (Å²) in [6.07, 6.45) is 1.62. The van der Waals surface area contributed by atoms with Gasteiger partial charge in [-0.1, -0.05) is 36.4 Å². The highest BCUT2D eigenvalue weighted by atomic mass is 32.1. The molecular weight excluding hydrogens is 306 g/mol. The Morgan fingerprint density at radius 2 is 2.17 bits per heavy atom. The van der Waals surface area contributed by atoms with Crippen molar-refractivity contribution in [3.8, 4) is 11.1 Å². The highest BCUT2D eigenvalue weighted by Crippen LogP contribution is 2.40. The first kappa shape index (κ1) is 15.2. The summed E-state index contributed by atoms with van der Waals surface area (Å²) in [5.41, 5.74) is 10.5. The molecule has 3 aromatic rings. The van der Waals surface area contributed by atoms with Crippen LogP contribution in [0, 0.1) is 6.92 Å². The van der Waals surface area contributed by atoms with Gasteiger partial charge in [-0.25, -0.2) is 4.98 Å². The van der Waals surface area contributed by atoms with Crippen LogP contribution in [0.25, 0.3) is 26.8 Å². The van der Waals surface area contributed by atoms with E-state index < -0.39 is 0 Å². The molecule has 1 aromatic carbocycles. The number of likely N-dealkylation sites (N-methyl/N-ethyl adjacent to an activating group) is 1. The predicted molar refractivity (Wildman–Crippen MR) is 97.3 cm³/mol. The Labute approximate surface area is 138 Å². The molecular formula is C18H17N3OS. The summed E-state index contributed by atoms with van der Waals surface area (Å²) >= 11 is 1.55. The van der Waals surface area contributed by atoms with Gasteiger partial charge in [-0.15, -0.1) is 11.3 Å². The number of hydrogen-bond acceptors (Lipinski definition) is 4. The number of hydrogen-bond donors (Lipinski definition) is 2. The van der Waals surface area contributed by atoms with Gasteiger partial charge in [0.25, 0.3) is 5.91 Å². The summed E-state index contributed by atoms with van der Waals surface area (Å²) in [6, 6.07) is 8.24. The van der Waals surface area contributed by atoms with E-state index in [4.69, 9.17) is 5.73 Å². The number of aryl methyl sites for hydroxylation is 1. The Bertz CT molecular complexity index is 927. The minimum Gasteiger partial charge on any atom is -0.383 e. The number of nitrogen functional groups attached to an aromatic ring is 1. The second kappa shape index (κ2) is 5.85. The fourth-order valence-electron chi connectivity index (χ4n) is 2.58. The Kier molecular flexibility index (Phi) is 3.88. The first-order valence-electron chi connectivity index (χ1n) is 7.17. The number of rotatable bonds is 3. The number of nitrogens with one attached hydrogen (secondary N) is 1. The molecule has 0 bridgehead atoms. The number of aromatic nitrogens is 1. The lowest BCUT2D eigenvalue weighted by molar-refractivity contribution is -0.115. The van der Waals surface area contributed by atoms with Gasteiger partial charge in [0.15, 0.2) is 0 Å². The van der Waals surface area contributed by atoms with Gasteiger partial charge in [-0.05, 0) is 17.9 Å². The van der Waals surface area contributed by atoms with Crippen LogP contribution in [-0.2, 0) is 4.79 Å². The number of amides is 1. The van der Waals surface area contributed by atoms with Crippen molar-refractivity contribution < 1.29 is 4.79 Å². The van der Waals surface area contributed by atoms with Crippen LogP contribution >= 0.6 is 11.3 Å². The highest BCUT2D eigenvalue weighted by molar-refractivity contribution is 7.18. The number of thiophene rings is 1. The van der Waals surface area contributed by atoms with Crippen molar-refractivity contribution in [2.75, 3.05) is 12.8 Å². The molecule has 0 fully saturated rings. The monoisotopic (exact) mass is 323 g/mol. The molecule has 0 unspecified atom stereocenters. The summed E-state index contributed by atoms with van der Waals surface area (Å²) in [7, 11) is 1.59. The standard InChI is InChI=1S/C18H17N3OS/c1-10-5-4-6-12(7-10)14-9-23-16-13(11(2)18(22)20-3)8-21-17(19)15(14)16/h4-9H,2H2,1,3H3,(H2,19,21)(H,20,22). The van der Waals surface area contributed by atoms with Crippen molar-refractivity contribution in [2.45, 2.75) is 6.92 Å². The van der Waals surface area contributed by atoms with Crippen LogP contribution in [0.15, 0.2) is 42.4 Å². The Balaban J connectivity index is 2.25. The summed E-state index contributed by atoms with van der Waals surface area (Å²) in [6.45, 7) is 5.94. The van der Waals surface area contributed by atoms with Crippen molar-refractivity contribution in [1.82, 2.24) is 10.3 Å². The van der Waals surface area contributed by atoms with Crippen LogP contribution in [0.3, 0.4) is 0 Å². The van der Waals surface area contributed by atoms with Gasteiger partial charge < -0.3 is 11.1 Å². The fourth-order valence-corrected chi connectivity index (χ4v) is 3.71. The molecule has 0 spiro atoms. The minimum absolute atomic E-state index is 0.219. The molecule has 4 nitrogen and oxygen atoms in total. The second-order valence-electron chi connectivity index (χ2n) is 5.34. The Morgan fingerprint density at radius 3 is 2.87 bits per heavy atom. The Morgan fingerprint density at radius 1 is 1.39 bits per heavy atom. The van der Waals surface area contributed by atoms with E-state index in [0.29, 0.717) is 11.4 Å². The number of pyridine rings is 1. The first-order valence-corrected chi connectivity index (χ1v) is 8.05. The molecule has 5 heteroatoms. The molecule has 2 heterocycles. The van der Waals surface area contributed by atoms with Gasteiger partial charge in [0, 0.05) is 40.0 Å². The molecule has 2 aromatic heterocycles. The topological polar surface area (TPSA) is 68.0 Å². The van der Waals surface area contributed by atoms with Crippen molar-refractivity contribution in [3.63, 3.8) is 0 Å². The van der Waals surface area contributed by atoms with Crippen molar-refractivity contribution in [3.05, 3.63) is 53.5 Å². The van der Waals surface area contributed by atoms with Gasteiger partial charge in [0.2, 0.25) is 0 Å². The number of anilines is 1. The lowest BCUT2D eigenvalue weighted by Gasteiger charge is -2.08. The maximum Gasteiger partial charge on any atom is 0.251 e. The van der Waals surface area contributed by atoms with E-state index >= 15 is 0 Å². The third-order valence-corrected chi connectivity index (χ3v) is 4.79. The fraction of sp³-hybridized carbons (Fsp3) is 0.111. The molecule has 0 saturated heterocycles. The minimum atomic E-state index is -0.219. The summed E-state index contributed by atoms with van der Waals surface area (Å²) < 4.78 is 0.933. The lowest BCUT2D eigenvalue weighted by atomic mass is 10.0. The third kappa shape index (κ3) is 2.59. The predicted octanol–water partition coefficient (Wildman–Crippen LogP) is 3.61. The molecule has 0 radical (unpaired) electrons. The van der Waals surface area contributed by atoms with Crippen LogP contribution in [0.5, 0.6) is 0 Å². The Hall–Kier alpha value is -2.66. The molecule has 3 rings (SSSR count). The van der Waals surface area contributed by atoms with Gasteiger partial charge in [-0.2, -0.15) is 0 Å². The quantitative estimate of drug-likeness (QED) is 0.724. The van der Waals surface area contributed by atoms with Crippen LogP contribution in [0.2, 0.25) is 0 Å². The maximum absolute atomic E-state index is 11.9. The SMILES string of the molecule is C=C(C(=O)NC)c1cnc(N)c2c(-c3cccc(C)c3)csc12. The molecule has 1 amide bonds. The van der Waals surface area contributed by atoms with E-state index in [2.05, 4.69) is 41.3 Å². The molecule has 0 saturated carbocycles. The van der Waals surface area contributed by atoms with Crippen molar-refractivity contribution >= 4 is 38.7 Å². The molecule has 116 valence electrons. The molecule has 23 heavy (non-hydrogen) atoms. The summed E-state index contributed by atoms with van der Waals surface area (Å²) in [5, 5.41) is 5.53. The molecule has 0 aliphatic carbocycles. The molecule has 3 N–H and O–H groups in total. The van der Waals surface area contributed by atoms with E-state index in [1.54, 1.807) is 24.6 Å². The number of carbonyl (C=O) groups is 1. The summed E-state index contributed by atoms with van der Waals surface area (Å²) in [5.74, 6) is 0.245. The van der Waals surface area contributed by atoms with Gasteiger partial charge in [0.05, 0.1) is 0 Å². The average molecular weight is 323 g/mol. The molecule has 0 atom stereocenters. The van der Waals surface area contributed by atoms with Crippen LogP contribution in [-0.4, -0.2) is 17.9 Å². The smallest absolute Gasteiger partial charge is 0.251 e. The van der Waals surface area contributed by atoms with Crippen LogP contribution in [0.4, 0.5) is 5.82 Å². The highest BCUT2D eigenvalue weighted by Gasteiger charge is 2.18. The molecule has 0 aliphatic heterocycles. The largest absolute Gasteiger partial charge is 0.383 e. The van der Waals surface area contributed by atoms with E-state index in [1.807, 2.05) is 12.1 Å². The van der Waals surface area contributed by atoms with Crippen LogP contribution < -0.4 is 11.1 Å². The van der Waals surface area contributed by atoms with E-state index in [0.717, 1.165) is 26.8 Å². The number of nitrogens with zero attached hydrogens (tertiary/aromatic N) is 1. The van der Waals surface area contributed by atoms with E-state index in [-0.39, 0.29) is 5.91 Å². The number of carbonyl (C=O) groups excluding carboxylic acids is 1.